The summed E-state index contributed by atoms with van der Waals surface area (Å²) in [5.41, 5.74) is -0.631. The molecule has 6 heteroatoms. The molecular formula is C11H14N2O3S. The molecule has 1 atom stereocenters. The Morgan fingerprint density at radius 1 is 1.59 bits per heavy atom. The van der Waals surface area contributed by atoms with Gasteiger partial charge in [-0.05, 0) is 24.3 Å². The second-order valence-electron chi connectivity index (χ2n) is 4.15. The van der Waals surface area contributed by atoms with E-state index in [2.05, 4.69) is 5.32 Å². The lowest BCUT2D eigenvalue weighted by atomic mass is 9.99. The highest BCUT2D eigenvalue weighted by atomic mass is 32.2. The van der Waals surface area contributed by atoms with Gasteiger partial charge in [-0.25, -0.2) is 4.79 Å². The predicted molar refractivity (Wildman–Crippen MR) is 65.2 cm³/mol. The van der Waals surface area contributed by atoms with Gasteiger partial charge >= 0.3 is 5.97 Å². The van der Waals surface area contributed by atoms with Gasteiger partial charge in [-0.3, -0.25) is 4.79 Å². The summed E-state index contributed by atoms with van der Waals surface area (Å²) >= 11 is 1.55. The van der Waals surface area contributed by atoms with Crippen molar-refractivity contribution < 1.29 is 14.7 Å². The lowest BCUT2D eigenvalue weighted by molar-refractivity contribution is -0.143. The van der Waals surface area contributed by atoms with E-state index in [0.717, 1.165) is 5.75 Å². The second kappa shape index (κ2) is 4.44. The van der Waals surface area contributed by atoms with E-state index in [1.165, 1.54) is 0 Å². The molecule has 17 heavy (non-hydrogen) atoms. The number of carboxylic acid groups (broad SMARTS) is 1. The summed E-state index contributed by atoms with van der Waals surface area (Å²) in [7, 11) is 1.76. The summed E-state index contributed by atoms with van der Waals surface area (Å²) in [4.78, 5) is 23.3. The van der Waals surface area contributed by atoms with Gasteiger partial charge in [-0.1, -0.05) is 0 Å². The van der Waals surface area contributed by atoms with Gasteiger partial charge in [0, 0.05) is 19.0 Å². The SMILES string of the molecule is Cn1cccc1C(=O)N[C@@]1(C(=O)O)CCSC1. The molecule has 1 saturated heterocycles. The summed E-state index contributed by atoms with van der Waals surface area (Å²) in [5, 5.41) is 11.9. The van der Waals surface area contributed by atoms with Crippen molar-refractivity contribution in [3.05, 3.63) is 24.0 Å². The molecule has 0 bridgehead atoms. The molecule has 0 spiro atoms. The Hall–Kier alpha value is -1.43. The van der Waals surface area contributed by atoms with Crippen molar-refractivity contribution in [2.45, 2.75) is 12.0 Å². The first-order chi connectivity index (χ1) is 8.05. The number of carboxylic acids is 1. The first-order valence-electron chi connectivity index (χ1n) is 5.30. The van der Waals surface area contributed by atoms with Crippen LogP contribution < -0.4 is 5.32 Å². The van der Waals surface area contributed by atoms with Crippen LogP contribution in [0.3, 0.4) is 0 Å². The van der Waals surface area contributed by atoms with E-state index in [1.54, 1.807) is 41.7 Å². The van der Waals surface area contributed by atoms with E-state index >= 15 is 0 Å². The van der Waals surface area contributed by atoms with Crippen LogP contribution in [0.4, 0.5) is 0 Å². The van der Waals surface area contributed by atoms with Crippen LogP contribution in [-0.4, -0.2) is 38.6 Å². The Bertz CT molecular complexity index is 449. The van der Waals surface area contributed by atoms with Gasteiger partial charge in [0.05, 0.1) is 0 Å². The molecule has 0 saturated carbocycles. The van der Waals surface area contributed by atoms with E-state index in [9.17, 15) is 14.7 Å². The van der Waals surface area contributed by atoms with Crippen LogP contribution in [0.15, 0.2) is 18.3 Å². The zero-order chi connectivity index (χ0) is 12.5. The fourth-order valence-corrected chi connectivity index (χ4v) is 3.19. The van der Waals surface area contributed by atoms with E-state index in [1.807, 2.05) is 0 Å². The first-order valence-corrected chi connectivity index (χ1v) is 6.46. The lowest BCUT2D eigenvalue weighted by Crippen LogP contribution is -2.55. The van der Waals surface area contributed by atoms with Crippen LogP contribution in [0.2, 0.25) is 0 Å². The van der Waals surface area contributed by atoms with Gasteiger partial charge in [-0.15, -0.1) is 0 Å². The minimum absolute atomic E-state index is 0.331. The van der Waals surface area contributed by atoms with Crippen LogP contribution >= 0.6 is 11.8 Å². The van der Waals surface area contributed by atoms with Crippen LogP contribution in [0.5, 0.6) is 0 Å². The van der Waals surface area contributed by atoms with Gasteiger partial charge < -0.3 is 15.0 Å². The minimum Gasteiger partial charge on any atom is -0.479 e. The fraction of sp³-hybridized carbons (Fsp3) is 0.455. The quantitative estimate of drug-likeness (QED) is 0.833. The third-order valence-corrected chi connectivity index (χ3v) is 4.15. The third-order valence-electron chi connectivity index (χ3n) is 2.96. The van der Waals surface area contributed by atoms with Crippen molar-refractivity contribution in [3.8, 4) is 0 Å². The molecule has 0 radical (unpaired) electrons. The fourth-order valence-electron chi connectivity index (χ4n) is 1.86. The summed E-state index contributed by atoms with van der Waals surface area (Å²) < 4.78 is 1.67. The monoisotopic (exact) mass is 254 g/mol. The maximum absolute atomic E-state index is 12.0. The highest BCUT2D eigenvalue weighted by Crippen LogP contribution is 2.28. The number of aliphatic carboxylic acids is 1. The predicted octanol–water partition coefficient (Wildman–Crippen LogP) is 0.715. The van der Waals surface area contributed by atoms with Crippen molar-refractivity contribution >= 4 is 23.6 Å². The largest absolute Gasteiger partial charge is 0.479 e. The van der Waals surface area contributed by atoms with Gasteiger partial charge in [0.2, 0.25) is 0 Å². The number of carbonyl (C=O) groups excluding carboxylic acids is 1. The summed E-state index contributed by atoms with van der Waals surface area (Å²) in [6, 6.07) is 3.43. The topological polar surface area (TPSA) is 71.3 Å². The van der Waals surface area contributed by atoms with Crippen molar-refractivity contribution in [1.82, 2.24) is 9.88 Å². The Kier molecular flexibility index (Phi) is 3.15. The van der Waals surface area contributed by atoms with Gasteiger partial charge in [0.25, 0.3) is 5.91 Å². The van der Waals surface area contributed by atoms with Gasteiger partial charge in [-0.2, -0.15) is 11.8 Å². The van der Waals surface area contributed by atoms with Crippen LogP contribution in [-0.2, 0) is 11.8 Å². The van der Waals surface area contributed by atoms with E-state index in [4.69, 9.17) is 0 Å². The molecule has 1 aromatic heterocycles. The van der Waals surface area contributed by atoms with E-state index in [0.29, 0.717) is 17.9 Å². The molecule has 0 aromatic carbocycles. The number of rotatable bonds is 3. The summed E-state index contributed by atoms with van der Waals surface area (Å²) in [6.07, 6.45) is 2.23. The second-order valence-corrected chi connectivity index (χ2v) is 5.25. The Morgan fingerprint density at radius 3 is 2.82 bits per heavy atom. The number of nitrogens with zero attached hydrogens (tertiary/aromatic N) is 1. The number of aromatic nitrogens is 1. The molecule has 5 nitrogen and oxygen atoms in total. The van der Waals surface area contributed by atoms with Crippen molar-refractivity contribution in [2.24, 2.45) is 7.05 Å². The highest BCUT2D eigenvalue weighted by Gasteiger charge is 2.43. The molecular weight excluding hydrogens is 240 g/mol. The van der Waals surface area contributed by atoms with Crippen LogP contribution in [0, 0.1) is 0 Å². The van der Waals surface area contributed by atoms with Crippen LogP contribution in [0.25, 0.3) is 0 Å². The molecule has 1 aliphatic heterocycles. The molecule has 2 heterocycles. The number of nitrogens with one attached hydrogen (secondary N) is 1. The number of aryl methyl sites for hydroxylation is 1. The van der Waals surface area contributed by atoms with Gasteiger partial charge in [0.1, 0.15) is 11.2 Å². The first kappa shape index (κ1) is 12.0. The molecule has 1 fully saturated rings. The molecule has 1 amide bonds. The van der Waals surface area contributed by atoms with Gasteiger partial charge in [0.15, 0.2) is 0 Å². The standard InChI is InChI=1S/C11H14N2O3S/c1-13-5-2-3-8(13)9(14)12-11(10(15)16)4-6-17-7-11/h2-3,5H,4,6-7H2,1H3,(H,12,14)(H,15,16)/t11-/m0/s1. The Labute approximate surface area is 103 Å². The normalized spacial score (nSPS) is 23.6. The number of thioether (sulfide) groups is 1. The Morgan fingerprint density at radius 2 is 2.35 bits per heavy atom. The molecule has 1 aromatic rings. The van der Waals surface area contributed by atoms with E-state index in [-0.39, 0.29) is 5.91 Å². The molecule has 0 aliphatic carbocycles. The number of hydrogen-bond donors (Lipinski definition) is 2. The molecule has 2 rings (SSSR count). The maximum Gasteiger partial charge on any atom is 0.330 e. The highest BCUT2D eigenvalue weighted by molar-refractivity contribution is 7.99. The van der Waals surface area contributed by atoms with Crippen molar-refractivity contribution in [1.29, 1.82) is 0 Å². The lowest BCUT2D eigenvalue weighted by Gasteiger charge is -2.24. The Balaban J connectivity index is 2.17. The van der Waals surface area contributed by atoms with Crippen LogP contribution in [0.1, 0.15) is 16.9 Å². The van der Waals surface area contributed by atoms with E-state index < -0.39 is 11.5 Å². The van der Waals surface area contributed by atoms with Crippen molar-refractivity contribution in [3.63, 3.8) is 0 Å². The minimum atomic E-state index is -1.11. The zero-order valence-electron chi connectivity index (χ0n) is 9.47. The number of hydrogen-bond acceptors (Lipinski definition) is 3. The zero-order valence-corrected chi connectivity index (χ0v) is 10.3. The number of amides is 1. The summed E-state index contributed by atoms with van der Waals surface area (Å²) in [6.45, 7) is 0. The summed E-state index contributed by atoms with van der Waals surface area (Å²) in [5.74, 6) is -0.0921. The maximum atomic E-state index is 12.0. The molecule has 92 valence electrons. The average Bonchev–Trinajstić information content (AvgIpc) is 2.87. The smallest absolute Gasteiger partial charge is 0.330 e. The average molecular weight is 254 g/mol. The molecule has 2 N–H and O–H groups in total. The number of carbonyl (C=O) groups is 2. The third kappa shape index (κ3) is 2.17. The molecule has 0 unspecified atom stereocenters. The van der Waals surface area contributed by atoms with Crippen molar-refractivity contribution in [2.75, 3.05) is 11.5 Å². The molecule has 1 aliphatic rings.